The summed E-state index contributed by atoms with van der Waals surface area (Å²) in [7, 11) is 2.23. The summed E-state index contributed by atoms with van der Waals surface area (Å²) in [5.74, 6) is 1.30. The van der Waals surface area contributed by atoms with Crippen molar-refractivity contribution in [3.05, 3.63) is 0 Å². The first kappa shape index (κ1) is 13.4. The largest absolute Gasteiger partial charge is 0.381 e. The van der Waals surface area contributed by atoms with Gasteiger partial charge in [0.2, 0.25) is 5.91 Å². The monoisotopic (exact) mass is 266 g/mol. The number of likely N-dealkylation sites (tertiary alicyclic amines) is 1. The van der Waals surface area contributed by atoms with Gasteiger partial charge in [-0.05, 0) is 38.6 Å². The Balaban J connectivity index is 1.68. The molecule has 0 aromatic rings. The molecule has 3 saturated heterocycles. The Morgan fingerprint density at radius 3 is 2.63 bits per heavy atom. The van der Waals surface area contributed by atoms with E-state index in [9.17, 15) is 4.79 Å². The third-order valence-corrected chi connectivity index (χ3v) is 5.11. The van der Waals surface area contributed by atoms with E-state index in [4.69, 9.17) is 4.74 Å². The Morgan fingerprint density at radius 2 is 1.84 bits per heavy atom. The van der Waals surface area contributed by atoms with Crippen molar-refractivity contribution in [2.75, 3.05) is 39.9 Å². The number of nitrogens with zero attached hydrogens (tertiary/aromatic N) is 2. The van der Waals surface area contributed by atoms with Gasteiger partial charge in [0.25, 0.3) is 0 Å². The van der Waals surface area contributed by atoms with Crippen LogP contribution >= 0.6 is 0 Å². The lowest BCUT2D eigenvalue weighted by Gasteiger charge is -2.33. The fraction of sp³-hybridized carbons (Fsp3) is 0.933. The van der Waals surface area contributed by atoms with E-state index < -0.39 is 0 Å². The number of hydrogen-bond donors (Lipinski definition) is 0. The van der Waals surface area contributed by atoms with Gasteiger partial charge < -0.3 is 14.5 Å². The molecule has 19 heavy (non-hydrogen) atoms. The van der Waals surface area contributed by atoms with Crippen LogP contribution in [0.25, 0.3) is 0 Å². The van der Waals surface area contributed by atoms with Gasteiger partial charge in [-0.2, -0.15) is 0 Å². The van der Waals surface area contributed by atoms with Crippen molar-refractivity contribution >= 4 is 5.91 Å². The first-order chi connectivity index (χ1) is 9.24. The minimum Gasteiger partial charge on any atom is -0.381 e. The molecule has 0 aromatic heterocycles. The van der Waals surface area contributed by atoms with Crippen molar-refractivity contribution in [1.82, 2.24) is 9.80 Å². The van der Waals surface area contributed by atoms with Gasteiger partial charge in [0.05, 0.1) is 0 Å². The maximum absolute atomic E-state index is 12.7. The molecule has 0 unspecified atom stereocenters. The fourth-order valence-electron chi connectivity index (χ4n) is 3.91. The predicted molar refractivity (Wildman–Crippen MR) is 73.9 cm³/mol. The van der Waals surface area contributed by atoms with Gasteiger partial charge in [0.15, 0.2) is 0 Å². The first-order valence-electron chi connectivity index (χ1n) is 7.81. The van der Waals surface area contributed by atoms with Crippen molar-refractivity contribution < 1.29 is 9.53 Å². The van der Waals surface area contributed by atoms with E-state index in [0.717, 1.165) is 39.1 Å². The average Bonchev–Trinajstić information content (AvgIpc) is 2.67. The van der Waals surface area contributed by atoms with Gasteiger partial charge in [-0.15, -0.1) is 0 Å². The summed E-state index contributed by atoms with van der Waals surface area (Å²) in [5.41, 5.74) is 0. The Bertz CT molecular complexity index is 328. The van der Waals surface area contributed by atoms with E-state index in [0.29, 0.717) is 17.9 Å². The Labute approximate surface area is 116 Å². The molecule has 0 aromatic carbocycles. The van der Waals surface area contributed by atoms with Gasteiger partial charge in [0, 0.05) is 44.8 Å². The molecule has 2 bridgehead atoms. The van der Waals surface area contributed by atoms with Gasteiger partial charge in [0.1, 0.15) is 0 Å². The third kappa shape index (κ3) is 2.95. The second-order valence-corrected chi connectivity index (χ2v) is 6.52. The Hall–Kier alpha value is -0.610. The van der Waals surface area contributed by atoms with Crippen molar-refractivity contribution in [2.45, 2.75) is 38.1 Å². The maximum atomic E-state index is 12.7. The highest BCUT2D eigenvalue weighted by Crippen LogP contribution is 2.27. The molecule has 2 atom stereocenters. The molecule has 3 aliphatic heterocycles. The molecule has 4 nitrogen and oxygen atoms in total. The van der Waals surface area contributed by atoms with E-state index in [2.05, 4.69) is 16.8 Å². The molecule has 108 valence electrons. The second kappa shape index (κ2) is 5.80. The van der Waals surface area contributed by atoms with Crippen LogP contribution in [-0.4, -0.2) is 61.6 Å². The number of amides is 1. The highest BCUT2D eigenvalue weighted by Gasteiger charge is 2.35. The van der Waals surface area contributed by atoms with Crippen LogP contribution in [0.5, 0.6) is 0 Å². The van der Waals surface area contributed by atoms with Crippen LogP contribution in [0.3, 0.4) is 0 Å². The predicted octanol–water partition coefficient (Wildman–Crippen LogP) is 1.36. The van der Waals surface area contributed by atoms with E-state index in [1.54, 1.807) is 0 Å². The number of likely N-dealkylation sites (N-methyl/N-ethyl adjacent to an activating group) is 1. The summed E-state index contributed by atoms with van der Waals surface area (Å²) in [5, 5.41) is 0. The normalized spacial score (nSPS) is 34.1. The Kier molecular flexibility index (Phi) is 4.08. The molecule has 1 amide bonds. The number of carbonyl (C=O) groups is 1. The van der Waals surface area contributed by atoms with Gasteiger partial charge in [-0.25, -0.2) is 0 Å². The van der Waals surface area contributed by atoms with Crippen LogP contribution in [0.2, 0.25) is 0 Å². The van der Waals surface area contributed by atoms with Crippen molar-refractivity contribution in [3.63, 3.8) is 0 Å². The van der Waals surface area contributed by atoms with E-state index in [-0.39, 0.29) is 5.92 Å². The summed E-state index contributed by atoms with van der Waals surface area (Å²) < 4.78 is 5.37. The van der Waals surface area contributed by atoms with Crippen molar-refractivity contribution in [1.29, 1.82) is 0 Å². The molecule has 3 heterocycles. The number of carbonyl (C=O) groups excluding carboxylic acids is 1. The van der Waals surface area contributed by atoms with E-state index in [1.807, 2.05) is 0 Å². The molecule has 0 spiro atoms. The SMILES string of the molecule is CN1C[C@@H]2CCC[C@H]1CN(C(=O)C1CCOCC1)C2. The third-order valence-electron chi connectivity index (χ3n) is 5.11. The average molecular weight is 266 g/mol. The topological polar surface area (TPSA) is 32.8 Å². The number of ether oxygens (including phenoxy) is 1. The quantitative estimate of drug-likeness (QED) is 0.718. The maximum Gasteiger partial charge on any atom is 0.225 e. The lowest BCUT2D eigenvalue weighted by Crippen LogP contribution is -2.45. The van der Waals surface area contributed by atoms with Crippen LogP contribution in [-0.2, 0) is 9.53 Å². The molecule has 0 radical (unpaired) electrons. The van der Waals surface area contributed by atoms with E-state index >= 15 is 0 Å². The highest BCUT2D eigenvalue weighted by molar-refractivity contribution is 5.79. The van der Waals surface area contributed by atoms with Crippen LogP contribution in [0, 0.1) is 11.8 Å². The van der Waals surface area contributed by atoms with Crippen molar-refractivity contribution in [3.8, 4) is 0 Å². The van der Waals surface area contributed by atoms with Crippen LogP contribution in [0.15, 0.2) is 0 Å². The fourth-order valence-corrected chi connectivity index (χ4v) is 3.91. The zero-order valence-electron chi connectivity index (χ0n) is 12.0. The van der Waals surface area contributed by atoms with Crippen LogP contribution in [0.4, 0.5) is 0 Å². The number of hydrogen-bond acceptors (Lipinski definition) is 3. The molecular weight excluding hydrogens is 240 g/mol. The molecular formula is C15H26N2O2. The summed E-state index contributed by atoms with van der Waals surface area (Å²) in [6, 6.07) is 0.580. The smallest absolute Gasteiger partial charge is 0.225 e. The molecule has 3 rings (SSSR count). The van der Waals surface area contributed by atoms with Gasteiger partial charge in [-0.3, -0.25) is 4.79 Å². The number of rotatable bonds is 1. The lowest BCUT2D eigenvalue weighted by atomic mass is 9.95. The lowest BCUT2D eigenvalue weighted by molar-refractivity contribution is -0.139. The molecule has 0 aliphatic carbocycles. The summed E-state index contributed by atoms with van der Waals surface area (Å²) in [6.07, 6.45) is 5.71. The second-order valence-electron chi connectivity index (χ2n) is 6.52. The first-order valence-corrected chi connectivity index (χ1v) is 7.81. The molecule has 3 aliphatic rings. The van der Waals surface area contributed by atoms with Crippen LogP contribution < -0.4 is 0 Å². The van der Waals surface area contributed by atoms with Gasteiger partial charge >= 0.3 is 0 Å². The minimum absolute atomic E-state index is 0.220. The number of fused-ring (bicyclic) bond motifs is 3. The van der Waals surface area contributed by atoms with Crippen LogP contribution in [0.1, 0.15) is 32.1 Å². The molecule has 0 saturated carbocycles. The minimum atomic E-state index is 0.220. The summed E-state index contributed by atoms with van der Waals surface area (Å²) in [4.78, 5) is 17.4. The summed E-state index contributed by atoms with van der Waals surface area (Å²) in [6.45, 7) is 4.62. The molecule has 3 fully saturated rings. The van der Waals surface area contributed by atoms with Crippen molar-refractivity contribution in [2.24, 2.45) is 11.8 Å². The summed E-state index contributed by atoms with van der Waals surface area (Å²) >= 11 is 0. The molecule has 0 N–H and O–H groups in total. The zero-order valence-corrected chi connectivity index (χ0v) is 12.0. The van der Waals surface area contributed by atoms with E-state index in [1.165, 1.54) is 25.8 Å². The standard InChI is InChI=1S/C15H26N2O2/c1-16-9-12-3-2-4-14(16)11-17(10-12)15(18)13-5-7-19-8-6-13/h12-14H,2-11H2,1H3/t12-,14-/m0/s1. The molecule has 4 heteroatoms. The highest BCUT2D eigenvalue weighted by atomic mass is 16.5. The Morgan fingerprint density at radius 1 is 1.05 bits per heavy atom. The zero-order chi connectivity index (χ0) is 13.2. The van der Waals surface area contributed by atoms with Gasteiger partial charge in [-0.1, -0.05) is 6.42 Å².